The van der Waals surface area contributed by atoms with Crippen LogP contribution in [0.4, 0.5) is 0 Å². The van der Waals surface area contributed by atoms with Gasteiger partial charge >= 0.3 is 0 Å². The fraction of sp³-hybridized carbons (Fsp3) is 0.733. The minimum absolute atomic E-state index is 0.0699. The SMILES string of the molecule is C=CCOCC(C)CN(CCO)CC(O)COCC=C. The van der Waals surface area contributed by atoms with Crippen molar-refractivity contribution in [3.05, 3.63) is 25.3 Å². The van der Waals surface area contributed by atoms with Gasteiger partial charge in [-0.05, 0) is 5.92 Å². The molecule has 0 radical (unpaired) electrons. The van der Waals surface area contributed by atoms with Crippen molar-refractivity contribution in [1.29, 1.82) is 0 Å². The molecule has 5 nitrogen and oxygen atoms in total. The van der Waals surface area contributed by atoms with Gasteiger partial charge in [0.25, 0.3) is 0 Å². The highest BCUT2D eigenvalue weighted by Crippen LogP contribution is 2.03. The van der Waals surface area contributed by atoms with E-state index >= 15 is 0 Å². The minimum atomic E-state index is -0.567. The molecule has 0 amide bonds. The molecular weight excluding hydrogens is 258 g/mol. The Hall–Kier alpha value is -0.720. The van der Waals surface area contributed by atoms with Gasteiger partial charge in [-0.1, -0.05) is 19.1 Å². The van der Waals surface area contributed by atoms with Crippen LogP contribution in [-0.4, -0.2) is 73.9 Å². The number of hydrogen-bond donors (Lipinski definition) is 2. The first-order valence-electron chi connectivity index (χ1n) is 7.02. The van der Waals surface area contributed by atoms with Crippen LogP contribution < -0.4 is 0 Å². The van der Waals surface area contributed by atoms with Gasteiger partial charge in [-0.2, -0.15) is 0 Å². The lowest BCUT2D eigenvalue weighted by molar-refractivity contribution is 0.0160. The molecule has 0 saturated heterocycles. The standard InChI is InChI=1S/C15H29NO4/c1-4-8-19-12-14(3)10-16(6-7-17)11-15(18)13-20-9-5-2/h4-5,14-15,17-18H,1-2,6-13H2,3H3. The van der Waals surface area contributed by atoms with Gasteiger partial charge in [0.1, 0.15) is 0 Å². The number of aliphatic hydroxyl groups is 2. The Morgan fingerprint density at radius 1 is 1.10 bits per heavy atom. The van der Waals surface area contributed by atoms with E-state index in [0.717, 1.165) is 6.54 Å². The van der Waals surface area contributed by atoms with Crippen LogP contribution in [0.2, 0.25) is 0 Å². The number of aliphatic hydroxyl groups excluding tert-OH is 2. The van der Waals surface area contributed by atoms with Crippen molar-refractivity contribution < 1.29 is 19.7 Å². The van der Waals surface area contributed by atoms with Gasteiger partial charge in [-0.15, -0.1) is 13.2 Å². The van der Waals surface area contributed by atoms with Crippen LogP contribution in [0.25, 0.3) is 0 Å². The second kappa shape index (κ2) is 13.3. The molecule has 0 spiro atoms. The van der Waals surface area contributed by atoms with Gasteiger partial charge in [0.15, 0.2) is 0 Å². The Morgan fingerprint density at radius 2 is 1.70 bits per heavy atom. The van der Waals surface area contributed by atoms with E-state index in [-0.39, 0.29) is 13.2 Å². The topological polar surface area (TPSA) is 62.2 Å². The molecule has 0 fully saturated rings. The van der Waals surface area contributed by atoms with Crippen LogP contribution in [0, 0.1) is 5.92 Å². The molecule has 0 aliphatic rings. The predicted octanol–water partition coefficient (Wildman–Crippen LogP) is 0.683. The molecule has 118 valence electrons. The Bertz CT molecular complexity index is 226. The first-order valence-corrected chi connectivity index (χ1v) is 7.02. The molecular formula is C15H29NO4. The molecule has 5 heteroatoms. The van der Waals surface area contributed by atoms with E-state index in [0.29, 0.717) is 38.8 Å². The molecule has 0 rings (SSSR count). The molecule has 0 aliphatic heterocycles. The lowest BCUT2D eigenvalue weighted by atomic mass is 10.1. The largest absolute Gasteiger partial charge is 0.395 e. The van der Waals surface area contributed by atoms with Crippen molar-refractivity contribution in [3.63, 3.8) is 0 Å². The Morgan fingerprint density at radius 3 is 2.25 bits per heavy atom. The van der Waals surface area contributed by atoms with Crippen molar-refractivity contribution in [2.45, 2.75) is 13.0 Å². The van der Waals surface area contributed by atoms with Crippen molar-refractivity contribution in [1.82, 2.24) is 4.90 Å². The first kappa shape index (κ1) is 19.3. The monoisotopic (exact) mass is 287 g/mol. The van der Waals surface area contributed by atoms with E-state index in [4.69, 9.17) is 14.6 Å². The average Bonchev–Trinajstić information content (AvgIpc) is 2.39. The minimum Gasteiger partial charge on any atom is -0.395 e. The number of nitrogens with zero attached hydrogens (tertiary/aromatic N) is 1. The van der Waals surface area contributed by atoms with Gasteiger partial charge in [0, 0.05) is 19.6 Å². The summed E-state index contributed by atoms with van der Waals surface area (Å²) in [5, 5.41) is 19.0. The Balaban J connectivity index is 3.99. The van der Waals surface area contributed by atoms with Crippen LogP contribution in [0.1, 0.15) is 6.92 Å². The van der Waals surface area contributed by atoms with Crippen molar-refractivity contribution in [2.75, 3.05) is 52.7 Å². The second-order valence-corrected chi connectivity index (χ2v) is 4.89. The molecule has 0 heterocycles. The molecule has 0 aromatic rings. The summed E-state index contributed by atoms with van der Waals surface area (Å²) in [7, 11) is 0. The smallest absolute Gasteiger partial charge is 0.0900 e. The molecule has 2 atom stereocenters. The summed E-state index contributed by atoms with van der Waals surface area (Å²) < 4.78 is 10.6. The average molecular weight is 287 g/mol. The maximum absolute atomic E-state index is 9.87. The molecule has 2 N–H and O–H groups in total. The highest BCUT2D eigenvalue weighted by atomic mass is 16.5. The predicted molar refractivity (Wildman–Crippen MR) is 80.7 cm³/mol. The number of hydrogen-bond acceptors (Lipinski definition) is 5. The third-order valence-corrected chi connectivity index (χ3v) is 2.64. The zero-order chi connectivity index (χ0) is 15.2. The third-order valence-electron chi connectivity index (χ3n) is 2.64. The van der Waals surface area contributed by atoms with Gasteiger partial charge in [0.2, 0.25) is 0 Å². The van der Waals surface area contributed by atoms with E-state index in [1.807, 2.05) is 4.90 Å². The van der Waals surface area contributed by atoms with Crippen LogP contribution in [0.3, 0.4) is 0 Å². The maximum Gasteiger partial charge on any atom is 0.0900 e. The molecule has 0 aliphatic carbocycles. The first-order chi connectivity index (χ1) is 9.63. The Kier molecular flexibility index (Phi) is 12.8. The molecule has 20 heavy (non-hydrogen) atoms. The van der Waals surface area contributed by atoms with Gasteiger partial charge in [-0.3, -0.25) is 4.90 Å². The van der Waals surface area contributed by atoms with E-state index in [2.05, 4.69) is 20.1 Å². The van der Waals surface area contributed by atoms with E-state index in [1.54, 1.807) is 12.2 Å². The Labute approximate surface area is 122 Å². The van der Waals surface area contributed by atoms with Crippen molar-refractivity contribution in [2.24, 2.45) is 5.92 Å². The molecule has 0 saturated carbocycles. The lowest BCUT2D eigenvalue weighted by Gasteiger charge is -2.27. The molecule has 0 bridgehead atoms. The fourth-order valence-electron chi connectivity index (χ4n) is 1.88. The summed E-state index contributed by atoms with van der Waals surface area (Å²) in [5.41, 5.74) is 0. The normalized spacial score (nSPS) is 14.2. The van der Waals surface area contributed by atoms with Gasteiger partial charge in [-0.25, -0.2) is 0 Å². The molecule has 0 aromatic heterocycles. The summed E-state index contributed by atoms with van der Waals surface area (Å²) in [6.45, 7) is 13.0. The molecule has 2 unspecified atom stereocenters. The maximum atomic E-state index is 9.87. The van der Waals surface area contributed by atoms with Crippen LogP contribution in [0.5, 0.6) is 0 Å². The van der Waals surface area contributed by atoms with E-state index in [1.165, 1.54) is 0 Å². The van der Waals surface area contributed by atoms with Gasteiger partial charge < -0.3 is 19.7 Å². The van der Waals surface area contributed by atoms with E-state index < -0.39 is 6.10 Å². The van der Waals surface area contributed by atoms with Crippen LogP contribution in [-0.2, 0) is 9.47 Å². The second-order valence-electron chi connectivity index (χ2n) is 4.89. The number of rotatable bonds is 14. The highest BCUT2D eigenvalue weighted by Gasteiger charge is 2.14. The zero-order valence-electron chi connectivity index (χ0n) is 12.5. The van der Waals surface area contributed by atoms with Crippen LogP contribution >= 0.6 is 0 Å². The summed E-state index contributed by atoms with van der Waals surface area (Å²) in [6, 6.07) is 0. The molecule has 0 aromatic carbocycles. The van der Waals surface area contributed by atoms with Gasteiger partial charge in [0.05, 0.1) is 39.1 Å². The van der Waals surface area contributed by atoms with Crippen LogP contribution in [0.15, 0.2) is 25.3 Å². The van der Waals surface area contributed by atoms with Crippen molar-refractivity contribution >= 4 is 0 Å². The highest BCUT2D eigenvalue weighted by molar-refractivity contribution is 4.70. The summed E-state index contributed by atoms with van der Waals surface area (Å²) in [5.74, 6) is 0.322. The summed E-state index contributed by atoms with van der Waals surface area (Å²) in [4.78, 5) is 2.02. The quantitative estimate of drug-likeness (QED) is 0.363. The fourth-order valence-corrected chi connectivity index (χ4v) is 1.88. The number of ether oxygens (including phenoxy) is 2. The third kappa shape index (κ3) is 11.1. The van der Waals surface area contributed by atoms with E-state index in [9.17, 15) is 5.11 Å². The van der Waals surface area contributed by atoms with Crippen molar-refractivity contribution in [3.8, 4) is 0 Å². The lowest BCUT2D eigenvalue weighted by Crippen LogP contribution is -2.40. The summed E-state index contributed by atoms with van der Waals surface area (Å²) in [6.07, 6.45) is 2.80. The zero-order valence-corrected chi connectivity index (χ0v) is 12.5. The summed E-state index contributed by atoms with van der Waals surface area (Å²) >= 11 is 0.